The van der Waals surface area contributed by atoms with Crippen LogP contribution in [0.1, 0.15) is 16.5 Å². The summed E-state index contributed by atoms with van der Waals surface area (Å²) in [4.78, 5) is 14.1. The van der Waals surface area contributed by atoms with Gasteiger partial charge in [-0.3, -0.25) is 4.79 Å². The van der Waals surface area contributed by atoms with Crippen LogP contribution in [0.3, 0.4) is 0 Å². The van der Waals surface area contributed by atoms with Gasteiger partial charge in [-0.2, -0.15) is 0 Å². The highest BCUT2D eigenvalue weighted by molar-refractivity contribution is 8.00. The van der Waals surface area contributed by atoms with E-state index in [0.29, 0.717) is 23.8 Å². The number of fused-ring (bicyclic) bond motifs is 1. The number of hydrogen-bond donors (Lipinski definition) is 0. The number of thioether (sulfide) groups is 1. The second kappa shape index (κ2) is 5.77. The number of para-hydroxylation sites is 1. The van der Waals surface area contributed by atoms with Crippen LogP contribution >= 0.6 is 11.8 Å². The van der Waals surface area contributed by atoms with Crippen LogP contribution in [0.5, 0.6) is 11.5 Å². The number of ether oxygens (including phenoxy) is 2. The van der Waals surface area contributed by atoms with Gasteiger partial charge in [0.05, 0.1) is 5.75 Å². The number of carbonyl (C=O) groups excluding carboxylic acids is 1. The van der Waals surface area contributed by atoms with E-state index in [1.54, 1.807) is 28.8 Å². The molecule has 0 aliphatic carbocycles. The number of amides is 1. The molecule has 4 rings (SSSR count). The fourth-order valence-electron chi connectivity index (χ4n) is 2.82. The maximum absolute atomic E-state index is 13.1. The Bertz CT molecular complexity index is 750. The summed E-state index contributed by atoms with van der Waals surface area (Å²) in [5, 5.41) is -0.121. The standard InChI is InChI=1S/C17H14FNO3S/c18-12-6-4-11(5-7-12)8-19-15(20)9-23-17(19)13-2-1-3-14-16(13)22-10-21-14/h1-7,17H,8-10H2. The molecule has 0 bridgehead atoms. The Hall–Kier alpha value is -2.21. The second-order valence-electron chi connectivity index (χ2n) is 5.39. The molecule has 2 aromatic carbocycles. The molecule has 0 spiro atoms. The Labute approximate surface area is 137 Å². The third-order valence-electron chi connectivity index (χ3n) is 3.93. The van der Waals surface area contributed by atoms with Crippen LogP contribution in [0.15, 0.2) is 42.5 Å². The molecule has 2 aliphatic heterocycles. The summed E-state index contributed by atoms with van der Waals surface area (Å²) >= 11 is 1.57. The van der Waals surface area contributed by atoms with Crippen molar-refractivity contribution in [2.24, 2.45) is 0 Å². The number of halogens is 1. The van der Waals surface area contributed by atoms with E-state index in [-0.39, 0.29) is 23.9 Å². The molecule has 2 heterocycles. The van der Waals surface area contributed by atoms with Crippen molar-refractivity contribution in [3.8, 4) is 11.5 Å². The van der Waals surface area contributed by atoms with Crippen molar-refractivity contribution in [1.82, 2.24) is 4.90 Å². The van der Waals surface area contributed by atoms with Crippen LogP contribution in [0.4, 0.5) is 4.39 Å². The molecule has 1 fully saturated rings. The molecule has 1 saturated heterocycles. The van der Waals surface area contributed by atoms with Gasteiger partial charge in [-0.15, -0.1) is 11.8 Å². The molecule has 2 aliphatic rings. The minimum absolute atomic E-state index is 0.0702. The normalized spacial score (nSPS) is 19.4. The van der Waals surface area contributed by atoms with Crippen molar-refractivity contribution >= 4 is 17.7 Å². The first-order chi connectivity index (χ1) is 11.2. The van der Waals surface area contributed by atoms with Gasteiger partial charge in [-0.25, -0.2) is 4.39 Å². The van der Waals surface area contributed by atoms with Gasteiger partial charge in [-0.1, -0.05) is 24.3 Å². The molecule has 118 valence electrons. The zero-order valence-electron chi connectivity index (χ0n) is 12.2. The lowest BCUT2D eigenvalue weighted by Crippen LogP contribution is -2.27. The summed E-state index contributed by atoms with van der Waals surface area (Å²) in [6.45, 7) is 0.650. The van der Waals surface area contributed by atoms with E-state index in [9.17, 15) is 9.18 Å². The first-order valence-electron chi connectivity index (χ1n) is 7.26. The van der Waals surface area contributed by atoms with Gasteiger partial charge in [0.25, 0.3) is 0 Å². The quantitative estimate of drug-likeness (QED) is 0.865. The summed E-state index contributed by atoms with van der Waals surface area (Å²) in [5.41, 5.74) is 1.84. The molecular weight excluding hydrogens is 317 g/mol. The molecule has 0 saturated carbocycles. The Kier molecular flexibility index (Phi) is 3.61. The van der Waals surface area contributed by atoms with Crippen molar-refractivity contribution in [1.29, 1.82) is 0 Å². The third kappa shape index (κ3) is 2.63. The molecular formula is C17H14FNO3S. The van der Waals surface area contributed by atoms with Gasteiger partial charge < -0.3 is 14.4 Å². The molecule has 0 aromatic heterocycles. The van der Waals surface area contributed by atoms with Crippen LogP contribution in [-0.4, -0.2) is 23.4 Å². The van der Waals surface area contributed by atoms with Gasteiger partial charge in [0.2, 0.25) is 12.7 Å². The third-order valence-corrected chi connectivity index (χ3v) is 5.17. The maximum atomic E-state index is 13.1. The van der Waals surface area contributed by atoms with E-state index < -0.39 is 0 Å². The fourth-order valence-corrected chi connectivity index (χ4v) is 4.02. The summed E-state index contributed by atoms with van der Waals surface area (Å²) < 4.78 is 24.0. The molecule has 23 heavy (non-hydrogen) atoms. The highest BCUT2D eigenvalue weighted by Crippen LogP contribution is 2.47. The van der Waals surface area contributed by atoms with Gasteiger partial charge in [0.1, 0.15) is 11.2 Å². The lowest BCUT2D eigenvalue weighted by Gasteiger charge is -2.25. The van der Waals surface area contributed by atoms with E-state index in [1.807, 2.05) is 18.2 Å². The van der Waals surface area contributed by atoms with Crippen LogP contribution in [0, 0.1) is 5.82 Å². The number of benzene rings is 2. The van der Waals surface area contributed by atoms with Crippen molar-refractivity contribution in [3.63, 3.8) is 0 Å². The number of rotatable bonds is 3. The van der Waals surface area contributed by atoms with Gasteiger partial charge in [0.15, 0.2) is 11.5 Å². The molecule has 1 atom stereocenters. The minimum Gasteiger partial charge on any atom is -0.454 e. The first kappa shape index (κ1) is 14.4. The van der Waals surface area contributed by atoms with E-state index in [2.05, 4.69) is 0 Å². The molecule has 1 amide bonds. The van der Waals surface area contributed by atoms with E-state index in [0.717, 1.165) is 11.1 Å². The van der Waals surface area contributed by atoms with E-state index in [4.69, 9.17) is 9.47 Å². The van der Waals surface area contributed by atoms with Crippen LogP contribution in [0.25, 0.3) is 0 Å². The van der Waals surface area contributed by atoms with Crippen molar-refractivity contribution in [2.45, 2.75) is 11.9 Å². The van der Waals surface area contributed by atoms with Crippen molar-refractivity contribution < 1.29 is 18.7 Å². The monoisotopic (exact) mass is 331 g/mol. The van der Waals surface area contributed by atoms with Gasteiger partial charge in [0, 0.05) is 12.1 Å². The molecule has 1 unspecified atom stereocenters. The second-order valence-corrected chi connectivity index (χ2v) is 6.46. The summed E-state index contributed by atoms with van der Waals surface area (Å²) in [7, 11) is 0. The van der Waals surface area contributed by atoms with Crippen LogP contribution in [-0.2, 0) is 11.3 Å². The van der Waals surface area contributed by atoms with E-state index in [1.165, 1.54) is 12.1 Å². The molecule has 0 N–H and O–H groups in total. The predicted molar refractivity (Wildman–Crippen MR) is 84.7 cm³/mol. The zero-order valence-corrected chi connectivity index (χ0v) is 13.0. The Morgan fingerprint density at radius 1 is 1.17 bits per heavy atom. The highest BCUT2D eigenvalue weighted by atomic mass is 32.2. The van der Waals surface area contributed by atoms with Gasteiger partial charge >= 0.3 is 0 Å². The molecule has 4 nitrogen and oxygen atoms in total. The van der Waals surface area contributed by atoms with E-state index >= 15 is 0 Å². The maximum Gasteiger partial charge on any atom is 0.234 e. The zero-order chi connectivity index (χ0) is 15.8. The lowest BCUT2D eigenvalue weighted by molar-refractivity contribution is -0.128. The Morgan fingerprint density at radius 2 is 2.00 bits per heavy atom. The Balaban J connectivity index is 1.64. The highest BCUT2D eigenvalue weighted by Gasteiger charge is 2.36. The van der Waals surface area contributed by atoms with Crippen molar-refractivity contribution in [2.75, 3.05) is 12.5 Å². The SMILES string of the molecule is O=C1CSC(c2cccc3c2OCO3)N1Cc1ccc(F)cc1. The fraction of sp³-hybridized carbons (Fsp3) is 0.235. The minimum atomic E-state index is -0.279. The average molecular weight is 331 g/mol. The lowest BCUT2D eigenvalue weighted by atomic mass is 10.1. The average Bonchev–Trinajstić information content (AvgIpc) is 3.17. The molecule has 0 radical (unpaired) electrons. The smallest absolute Gasteiger partial charge is 0.234 e. The van der Waals surface area contributed by atoms with Crippen LogP contribution < -0.4 is 9.47 Å². The van der Waals surface area contributed by atoms with Crippen molar-refractivity contribution in [3.05, 3.63) is 59.4 Å². The summed E-state index contributed by atoms with van der Waals surface area (Å²) in [5.74, 6) is 1.64. The predicted octanol–water partition coefficient (Wildman–Crippen LogP) is 3.33. The molecule has 2 aromatic rings. The number of carbonyl (C=O) groups is 1. The van der Waals surface area contributed by atoms with Gasteiger partial charge in [-0.05, 0) is 23.8 Å². The topological polar surface area (TPSA) is 38.8 Å². The summed E-state index contributed by atoms with van der Waals surface area (Å²) in [6.07, 6.45) is 0. The number of hydrogen-bond acceptors (Lipinski definition) is 4. The largest absolute Gasteiger partial charge is 0.454 e. The Morgan fingerprint density at radius 3 is 2.83 bits per heavy atom. The summed E-state index contributed by atoms with van der Waals surface area (Å²) in [6, 6.07) is 12.0. The first-order valence-corrected chi connectivity index (χ1v) is 8.31. The van der Waals surface area contributed by atoms with Crippen LogP contribution in [0.2, 0.25) is 0 Å². The number of nitrogens with zero attached hydrogens (tertiary/aromatic N) is 1. The molecule has 6 heteroatoms.